The van der Waals surface area contributed by atoms with Crippen molar-refractivity contribution < 1.29 is 13.9 Å². The Labute approximate surface area is 122 Å². The number of anilines is 1. The molecule has 0 amide bonds. The Kier molecular flexibility index (Phi) is 3.64. The van der Waals surface area contributed by atoms with E-state index in [4.69, 9.17) is 15.2 Å². The maximum absolute atomic E-state index is 13.7. The predicted octanol–water partition coefficient (Wildman–Crippen LogP) is 3.69. The maximum Gasteiger partial charge on any atom is 0.240 e. The maximum atomic E-state index is 13.7. The number of aryl methyl sites for hydroxylation is 1. The summed E-state index contributed by atoms with van der Waals surface area (Å²) in [5.41, 5.74) is 7.19. The van der Waals surface area contributed by atoms with Gasteiger partial charge in [-0.15, -0.1) is 0 Å². The number of nitrogen functional groups attached to an aromatic ring is 1. The molecule has 1 saturated carbocycles. The average molecular weight is 288 g/mol. The van der Waals surface area contributed by atoms with Crippen molar-refractivity contribution >= 4 is 5.69 Å². The Morgan fingerprint density at radius 1 is 1.29 bits per heavy atom. The van der Waals surface area contributed by atoms with Crippen LogP contribution in [0.15, 0.2) is 30.3 Å². The number of benzene rings is 1. The number of hydrogen-bond acceptors (Lipinski definition) is 4. The van der Waals surface area contributed by atoms with Gasteiger partial charge < -0.3 is 15.2 Å². The van der Waals surface area contributed by atoms with E-state index in [0.29, 0.717) is 24.1 Å². The van der Waals surface area contributed by atoms with E-state index in [1.54, 1.807) is 24.3 Å². The smallest absolute Gasteiger partial charge is 0.240 e. The minimum Gasteiger partial charge on any atom is -0.476 e. The third-order valence-corrected chi connectivity index (χ3v) is 3.32. The molecule has 0 atom stereocenters. The molecule has 1 fully saturated rings. The van der Waals surface area contributed by atoms with Crippen LogP contribution in [0.4, 0.5) is 10.1 Å². The lowest BCUT2D eigenvalue weighted by atomic mass is 10.2. The molecule has 0 radical (unpaired) electrons. The van der Waals surface area contributed by atoms with E-state index >= 15 is 0 Å². The van der Waals surface area contributed by atoms with E-state index in [-0.39, 0.29) is 11.6 Å². The lowest BCUT2D eigenvalue weighted by Gasteiger charge is -2.10. The van der Waals surface area contributed by atoms with Gasteiger partial charge in [0.15, 0.2) is 11.6 Å². The van der Waals surface area contributed by atoms with E-state index in [1.807, 2.05) is 6.92 Å². The van der Waals surface area contributed by atoms with E-state index < -0.39 is 5.82 Å². The third-order valence-electron chi connectivity index (χ3n) is 3.32. The number of halogens is 1. The lowest BCUT2D eigenvalue weighted by molar-refractivity contribution is 0.286. The zero-order valence-electron chi connectivity index (χ0n) is 11.8. The highest BCUT2D eigenvalue weighted by Gasteiger charge is 2.22. The SMILES string of the molecule is Cc1ccc(F)c(Oc2ccc(N)c(OCC3CC3)n2)c1. The van der Waals surface area contributed by atoms with Crippen LogP contribution in [0.5, 0.6) is 17.5 Å². The topological polar surface area (TPSA) is 57.4 Å². The third kappa shape index (κ3) is 3.42. The summed E-state index contributed by atoms with van der Waals surface area (Å²) in [7, 11) is 0. The fourth-order valence-corrected chi connectivity index (χ4v) is 1.89. The fourth-order valence-electron chi connectivity index (χ4n) is 1.89. The summed E-state index contributed by atoms with van der Waals surface area (Å²) in [6, 6.07) is 7.92. The minimum atomic E-state index is -0.431. The first kappa shape index (κ1) is 13.7. The molecule has 0 unspecified atom stereocenters. The first-order chi connectivity index (χ1) is 10.1. The molecule has 110 valence electrons. The predicted molar refractivity (Wildman–Crippen MR) is 78.1 cm³/mol. The van der Waals surface area contributed by atoms with Crippen molar-refractivity contribution in [2.24, 2.45) is 5.92 Å². The van der Waals surface area contributed by atoms with Crippen LogP contribution in [0.2, 0.25) is 0 Å². The van der Waals surface area contributed by atoms with Gasteiger partial charge in [-0.3, -0.25) is 0 Å². The van der Waals surface area contributed by atoms with Crippen LogP contribution in [-0.2, 0) is 0 Å². The standard InChI is InChI=1S/C16H17FN2O2/c1-10-2-5-12(17)14(8-10)21-15-7-6-13(18)16(19-15)20-9-11-3-4-11/h2,5-8,11H,3-4,9,18H2,1H3. The Balaban J connectivity index is 1.78. The van der Waals surface area contributed by atoms with Gasteiger partial charge >= 0.3 is 0 Å². The number of aromatic nitrogens is 1. The molecule has 4 nitrogen and oxygen atoms in total. The minimum absolute atomic E-state index is 0.139. The second-order valence-electron chi connectivity index (χ2n) is 5.33. The van der Waals surface area contributed by atoms with Gasteiger partial charge in [-0.2, -0.15) is 4.98 Å². The van der Waals surface area contributed by atoms with Crippen molar-refractivity contribution in [2.75, 3.05) is 12.3 Å². The first-order valence-electron chi connectivity index (χ1n) is 6.95. The van der Waals surface area contributed by atoms with E-state index in [2.05, 4.69) is 4.98 Å². The fraction of sp³-hybridized carbons (Fsp3) is 0.312. The molecule has 0 bridgehead atoms. The Hall–Kier alpha value is -2.30. The van der Waals surface area contributed by atoms with Crippen LogP contribution in [-0.4, -0.2) is 11.6 Å². The molecule has 1 aromatic carbocycles. The molecule has 0 spiro atoms. The van der Waals surface area contributed by atoms with Gasteiger partial charge in [-0.05, 0) is 49.4 Å². The van der Waals surface area contributed by atoms with Gasteiger partial charge in [0.05, 0.1) is 12.3 Å². The molecule has 1 aliphatic rings. The van der Waals surface area contributed by atoms with Gasteiger partial charge in [0, 0.05) is 6.07 Å². The Morgan fingerprint density at radius 2 is 2.10 bits per heavy atom. The number of pyridine rings is 1. The molecule has 2 N–H and O–H groups in total. The van der Waals surface area contributed by atoms with E-state index in [9.17, 15) is 4.39 Å². The largest absolute Gasteiger partial charge is 0.476 e. The van der Waals surface area contributed by atoms with Gasteiger partial charge in [0.1, 0.15) is 0 Å². The molecule has 3 rings (SSSR count). The highest BCUT2D eigenvalue weighted by molar-refractivity contribution is 5.49. The van der Waals surface area contributed by atoms with Gasteiger partial charge in [0.25, 0.3) is 0 Å². The van der Waals surface area contributed by atoms with Crippen molar-refractivity contribution in [1.29, 1.82) is 0 Å². The van der Waals surface area contributed by atoms with Crippen LogP contribution in [0.3, 0.4) is 0 Å². The number of nitrogens with two attached hydrogens (primary N) is 1. The van der Waals surface area contributed by atoms with Gasteiger partial charge in [0.2, 0.25) is 11.8 Å². The van der Waals surface area contributed by atoms with Gasteiger partial charge in [-0.25, -0.2) is 4.39 Å². The van der Waals surface area contributed by atoms with Crippen molar-refractivity contribution in [3.63, 3.8) is 0 Å². The summed E-state index contributed by atoms with van der Waals surface area (Å²) in [4.78, 5) is 4.20. The van der Waals surface area contributed by atoms with E-state index in [1.165, 1.54) is 18.9 Å². The van der Waals surface area contributed by atoms with Crippen molar-refractivity contribution in [3.8, 4) is 17.5 Å². The van der Waals surface area contributed by atoms with Crippen LogP contribution in [0.1, 0.15) is 18.4 Å². The molecule has 1 aliphatic carbocycles. The van der Waals surface area contributed by atoms with Crippen LogP contribution < -0.4 is 15.2 Å². The highest BCUT2D eigenvalue weighted by Crippen LogP contribution is 2.32. The zero-order chi connectivity index (χ0) is 14.8. The summed E-state index contributed by atoms with van der Waals surface area (Å²) in [5, 5.41) is 0. The molecule has 1 heterocycles. The number of rotatable bonds is 5. The summed E-state index contributed by atoms with van der Waals surface area (Å²) in [6.07, 6.45) is 2.37. The second kappa shape index (κ2) is 5.60. The molecule has 0 saturated heterocycles. The molecular formula is C16H17FN2O2. The highest BCUT2D eigenvalue weighted by atomic mass is 19.1. The van der Waals surface area contributed by atoms with Crippen molar-refractivity contribution in [2.45, 2.75) is 19.8 Å². The average Bonchev–Trinajstić information content (AvgIpc) is 3.27. The van der Waals surface area contributed by atoms with Crippen LogP contribution >= 0.6 is 0 Å². The summed E-state index contributed by atoms with van der Waals surface area (Å²) in [5.74, 6) is 0.914. The molecular weight excluding hydrogens is 271 g/mol. The van der Waals surface area contributed by atoms with Crippen molar-refractivity contribution in [1.82, 2.24) is 4.98 Å². The summed E-state index contributed by atoms with van der Waals surface area (Å²) < 4.78 is 24.8. The molecule has 1 aromatic heterocycles. The summed E-state index contributed by atoms with van der Waals surface area (Å²) in [6.45, 7) is 2.48. The Bertz CT molecular complexity index is 657. The van der Waals surface area contributed by atoms with E-state index in [0.717, 1.165) is 5.56 Å². The number of hydrogen-bond donors (Lipinski definition) is 1. The molecule has 0 aliphatic heterocycles. The zero-order valence-corrected chi connectivity index (χ0v) is 11.8. The number of ether oxygens (including phenoxy) is 2. The monoisotopic (exact) mass is 288 g/mol. The molecule has 2 aromatic rings. The van der Waals surface area contributed by atoms with Crippen LogP contribution in [0.25, 0.3) is 0 Å². The molecule has 5 heteroatoms. The van der Waals surface area contributed by atoms with Gasteiger partial charge in [-0.1, -0.05) is 6.07 Å². The summed E-state index contributed by atoms with van der Waals surface area (Å²) >= 11 is 0. The molecule has 21 heavy (non-hydrogen) atoms. The lowest BCUT2D eigenvalue weighted by Crippen LogP contribution is -2.04. The quantitative estimate of drug-likeness (QED) is 0.911. The first-order valence-corrected chi connectivity index (χ1v) is 6.95. The normalized spacial score (nSPS) is 14.0. The number of nitrogens with zero attached hydrogens (tertiary/aromatic N) is 1. The van der Waals surface area contributed by atoms with Crippen molar-refractivity contribution in [3.05, 3.63) is 41.7 Å². The van der Waals surface area contributed by atoms with Crippen LogP contribution in [0, 0.1) is 18.7 Å². The Morgan fingerprint density at radius 3 is 2.86 bits per heavy atom. The second-order valence-corrected chi connectivity index (χ2v) is 5.33.